The largest absolute Gasteiger partial charge is 0.550 e. The van der Waals surface area contributed by atoms with E-state index in [1.54, 1.807) is 24.3 Å². The highest BCUT2D eigenvalue weighted by molar-refractivity contribution is 5.97. The van der Waals surface area contributed by atoms with Crippen molar-refractivity contribution in [3.05, 3.63) is 29.8 Å². The third-order valence-electron chi connectivity index (χ3n) is 3.96. The summed E-state index contributed by atoms with van der Waals surface area (Å²) >= 11 is 0. The highest BCUT2D eigenvalue weighted by Crippen LogP contribution is 2.30. The van der Waals surface area contributed by atoms with Crippen LogP contribution in [0, 0.1) is 11.8 Å². The monoisotopic (exact) mass is 288 g/mol. The fourth-order valence-corrected chi connectivity index (χ4v) is 2.75. The second-order valence-electron chi connectivity index (χ2n) is 5.44. The summed E-state index contributed by atoms with van der Waals surface area (Å²) in [6.07, 6.45) is 2.72. The maximum absolute atomic E-state index is 12.2. The summed E-state index contributed by atoms with van der Waals surface area (Å²) in [6.45, 7) is 1.47. The molecule has 0 aromatic heterocycles. The van der Waals surface area contributed by atoms with Gasteiger partial charge in [-0.25, -0.2) is 0 Å². The second kappa shape index (κ2) is 6.52. The zero-order valence-electron chi connectivity index (χ0n) is 11.9. The van der Waals surface area contributed by atoms with Crippen molar-refractivity contribution in [1.82, 2.24) is 0 Å². The minimum absolute atomic E-state index is 0.0443. The highest BCUT2D eigenvalue weighted by Gasteiger charge is 2.31. The van der Waals surface area contributed by atoms with Crippen molar-refractivity contribution in [2.45, 2.75) is 32.6 Å². The molecule has 1 aliphatic carbocycles. The number of Topliss-reactive ketones (excluding diaryl/α,β-unsaturated/α-hetero) is 1. The number of carboxylic acids is 1. The van der Waals surface area contributed by atoms with Gasteiger partial charge in [0, 0.05) is 29.1 Å². The van der Waals surface area contributed by atoms with Crippen molar-refractivity contribution >= 4 is 23.3 Å². The lowest BCUT2D eigenvalue weighted by Crippen LogP contribution is -2.42. The van der Waals surface area contributed by atoms with Crippen LogP contribution in [0.3, 0.4) is 0 Å². The number of nitrogens with one attached hydrogen (secondary N) is 1. The Balaban J connectivity index is 2.05. The van der Waals surface area contributed by atoms with Gasteiger partial charge in [0.2, 0.25) is 5.91 Å². The number of benzene rings is 1. The Morgan fingerprint density at radius 1 is 1.05 bits per heavy atom. The van der Waals surface area contributed by atoms with E-state index >= 15 is 0 Å². The molecule has 1 saturated carbocycles. The third-order valence-corrected chi connectivity index (χ3v) is 3.96. The molecule has 112 valence electrons. The van der Waals surface area contributed by atoms with Crippen LogP contribution < -0.4 is 10.4 Å². The summed E-state index contributed by atoms with van der Waals surface area (Å²) in [5.41, 5.74) is 1.13. The van der Waals surface area contributed by atoms with Crippen molar-refractivity contribution in [1.29, 1.82) is 0 Å². The standard InChI is InChI=1S/C16H19NO4/c1-10(18)11-6-8-12(9-7-11)17-15(19)13-4-2-3-5-14(13)16(20)21/h6-9,13-14H,2-5H2,1H3,(H,17,19)(H,20,21)/p-1/t13-,14-/m0/s1. The predicted octanol–water partition coefficient (Wildman–Crippen LogP) is 1.38. The van der Waals surface area contributed by atoms with E-state index < -0.39 is 17.8 Å². The molecule has 2 rings (SSSR count). The van der Waals surface area contributed by atoms with Crippen LogP contribution in [0.5, 0.6) is 0 Å². The lowest BCUT2D eigenvalue weighted by Gasteiger charge is -2.31. The first-order valence-corrected chi connectivity index (χ1v) is 7.12. The molecule has 0 unspecified atom stereocenters. The van der Waals surface area contributed by atoms with Gasteiger partial charge in [0.05, 0.1) is 0 Å². The van der Waals surface area contributed by atoms with Crippen LogP contribution in [-0.4, -0.2) is 17.7 Å². The number of carboxylic acid groups (broad SMARTS) is 1. The number of amides is 1. The lowest BCUT2D eigenvalue weighted by atomic mass is 9.78. The SMILES string of the molecule is CC(=O)c1ccc(NC(=O)[C@H]2CCCC[C@@H]2C(=O)[O-])cc1. The number of hydrogen-bond acceptors (Lipinski definition) is 4. The van der Waals surface area contributed by atoms with E-state index in [-0.39, 0.29) is 11.7 Å². The first-order chi connectivity index (χ1) is 9.99. The summed E-state index contributed by atoms with van der Waals surface area (Å²) in [5.74, 6) is -2.75. The molecule has 1 aliphatic rings. The van der Waals surface area contributed by atoms with Gasteiger partial charge in [-0.05, 0) is 44.0 Å². The lowest BCUT2D eigenvalue weighted by molar-refractivity contribution is -0.313. The highest BCUT2D eigenvalue weighted by atomic mass is 16.4. The van der Waals surface area contributed by atoms with Crippen LogP contribution in [0.15, 0.2) is 24.3 Å². The van der Waals surface area contributed by atoms with E-state index in [2.05, 4.69) is 5.32 Å². The average Bonchev–Trinajstić information content (AvgIpc) is 2.47. The van der Waals surface area contributed by atoms with Crippen molar-refractivity contribution in [2.24, 2.45) is 11.8 Å². The van der Waals surface area contributed by atoms with Gasteiger partial charge >= 0.3 is 0 Å². The van der Waals surface area contributed by atoms with Crippen molar-refractivity contribution in [3.8, 4) is 0 Å². The molecule has 0 aliphatic heterocycles. The summed E-state index contributed by atoms with van der Waals surface area (Å²) < 4.78 is 0. The van der Waals surface area contributed by atoms with Crippen LogP contribution in [-0.2, 0) is 9.59 Å². The molecule has 1 aromatic rings. The van der Waals surface area contributed by atoms with Crippen molar-refractivity contribution < 1.29 is 19.5 Å². The number of ketones is 1. The molecule has 0 spiro atoms. The molecule has 5 nitrogen and oxygen atoms in total. The molecule has 1 aromatic carbocycles. The Bertz CT molecular complexity index is 550. The fraction of sp³-hybridized carbons (Fsp3) is 0.438. The van der Waals surface area contributed by atoms with Crippen LogP contribution in [0.2, 0.25) is 0 Å². The molecule has 5 heteroatoms. The average molecular weight is 288 g/mol. The topological polar surface area (TPSA) is 86.3 Å². The molecule has 0 radical (unpaired) electrons. The molecule has 21 heavy (non-hydrogen) atoms. The molecule has 1 N–H and O–H groups in total. The molecule has 0 bridgehead atoms. The molecular weight excluding hydrogens is 270 g/mol. The van der Waals surface area contributed by atoms with Crippen LogP contribution in [0.1, 0.15) is 43.0 Å². The number of anilines is 1. The summed E-state index contributed by atoms with van der Waals surface area (Å²) in [6, 6.07) is 6.56. The Morgan fingerprint density at radius 2 is 1.62 bits per heavy atom. The molecule has 2 atom stereocenters. The number of rotatable bonds is 4. The summed E-state index contributed by atoms with van der Waals surface area (Å²) in [7, 11) is 0. The Morgan fingerprint density at radius 3 is 2.14 bits per heavy atom. The van der Waals surface area contributed by atoms with E-state index in [4.69, 9.17) is 0 Å². The van der Waals surface area contributed by atoms with E-state index in [1.165, 1.54) is 6.92 Å². The van der Waals surface area contributed by atoms with E-state index in [0.29, 0.717) is 24.1 Å². The first kappa shape index (κ1) is 15.2. The van der Waals surface area contributed by atoms with E-state index in [1.807, 2.05) is 0 Å². The fourth-order valence-electron chi connectivity index (χ4n) is 2.75. The zero-order valence-corrected chi connectivity index (χ0v) is 11.9. The predicted molar refractivity (Wildman–Crippen MR) is 75.5 cm³/mol. The van der Waals surface area contributed by atoms with Gasteiger partial charge in [0.25, 0.3) is 0 Å². The maximum atomic E-state index is 12.2. The Labute approximate surface area is 123 Å². The van der Waals surface area contributed by atoms with Gasteiger partial charge in [-0.3, -0.25) is 9.59 Å². The second-order valence-corrected chi connectivity index (χ2v) is 5.44. The molecular formula is C16H18NO4-. The van der Waals surface area contributed by atoms with Crippen molar-refractivity contribution in [2.75, 3.05) is 5.32 Å². The van der Waals surface area contributed by atoms with E-state index in [9.17, 15) is 19.5 Å². The molecule has 1 amide bonds. The zero-order chi connectivity index (χ0) is 15.4. The summed E-state index contributed by atoms with van der Waals surface area (Å²) in [5, 5.41) is 13.8. The van der Waals surface area contributed by atoms with Crippen LogP contribution in [0.25, 0.3) is 0 Å². The molecule has 0 saturated heterocycles. The third kappa shape index (κ3) is 3.68. The van der Waals surface area contributed by atoms with Gasteiger partial charge in [-0.2, -0.15) is 0 Å². The first-order valence-electron chi connectivity index (χ1n) is 7.12. The van der Waals surface area contributed by atoms with Gasteiger partial charge < -0.3 is 15.2 Å². The molecule has 0 heterocycles. The van der Waals surface area contributed by atoms with Crippen LogP contribution in [0.4, 0.5) is 5.69 Å². The van der Waals surface area contributed by atoms with Gasteiger partial charge in [-0.1, -0.05) is 12.8 Å². The number of carbonyl (C=O) groups excluding carboxylic acids is 3. The van der Waals surface area contributed by atoms with E-state index in [0.717, 1.165) is 12.8 Å². The normalized spacial score (nSPS) is 21.6. The number of carbonyl (C=O) groups is 3. The van der Waals surface area contributed by atoms with Gasteiger partial charge in [-0.15, -0.1) is 0 Å². The maximum Gasteiger partial charge on any atom is 0.228 e. The Kier molecular flexibility index (Phi) is 4.73. The number of hydrogen-bond donors (Lipinski definition) is 1. The van der Waals surface area contributed by atoms with Crippen LogP contribution >= 0.6 is 0 Å². The van der Waals surface area contributed by atoms with Gasteiger partial charge in [0.15, 0.2) is 5.78 Å². The summed E-state index contributed by atoms with van der Waals surface area (Å²) in [4.78, 5) is 34.5. The molecule has 1 fully saturated rings. The van der Waals surface area contributed by atoms with Gasteiger partial charge in [0.1, 0.15) is 0 Å². The Hall–Kier alpha value is -2.17. The smallest absolute Gasteiger partial charge is 0.228 e. The minimum Gasteiger partial charge on any atom is -0.550 e. The minimum atomic E-state index is -1.15. The van der Waals surface area contributed by atoms with Crippen molar-refractivity contribution in [3.63, 3.8) is 0 Å². The quantitative estimate of drug-likeness (QED) is 0.848. The number of aliphatic carboxylic acids is 1.